The van der Waals surface area contributed by atoms with Crippen LogP contribution in [0.2, 0.25) is 5.02 Å². The number of aromatic nitrogens is 1. The lowest BCUT2D eigenvalue weighted by molar-refractivity contribution is -0.0970. The SMILES string of the molecule is C=S1(=O)NC(=O)c2ccc3c(n2)N(C[C@@H]2CC[C@H]2[C@@](CN2CCN(C(CC)COC)CC2)(OC)/C=C/C[C@H](C)[C@H]1C)C[C@@]1(CCCc2cc(Cl)ccc21)CO3. The van der Waals surface area contributed by atoms with Crippen LogP contribution in [0.25, 0.3) is 0 Å². The number of nitrogens with one attached hydrogen (secondary N) is 1. The smallest absolute Gasteiger partial charge is 0.281 e. The molecule has 2 aromatic rings. The Bertz CT molecular complexity index is 1830. The topological polar surface area (TPSA) is 96.5 Å². The number of piperazine rings is 1. The highest BCUT2D eigenvalue weighted by atomic mass is 35.5. The zero-order chi connectivity index (χ0) is 39.0. The lowest BCUT2D eigenvalue weighted by Gasteiger charge is -2.52. The molecule has 2 aliphatic carbocycles. The molecule has 1 saturated carbocycles. The minimum absolute atomic E-state index is 0.00449. The van der Waals surface area contributed by atoms with E-state index in [1.54, 1.807) is 13.2 Å². The van der Waals surface area contributed by atoms with E-state index in [1.807, 2.05) is 26.2 Å². The summed E-state index contributed by atoms with van der Waals surface area (Å²) in [4.78, 5) is 26.4. The fourth-order valence-electron chi connectivity index (χ4n) is 10.1. The van der Waals surface area contributed by atoms with E-state index < -0.39 is 21.2 Å². The highest BCUT2D eigenvalue weighted by Gasteiger charge is 2.50. The van der Waals surface area contributed by atoms with Crippen LogP contribution in [0.5, 0.6) is 5.75 Å². The van der Waals surface area contributed by atoms with Gasteiger partial charge in [0.25, 0.3) is 5.91 Å². The number of pyridine rings is 1. The third-order valence-corrected chi connectivity index (χ3v) is 16.2. The fraction of sp³-hybridized carbons (Fsp3) is 0.651. The molecule has 55 heavy (non-hydrogen) atoms. The predicted molar refractivity (Wildman–Crippen MR) is 223 cm³/mol. The molecule has 0 radical (unpaired) electrons. The van der Waals surface area contributed by atoms with Crippen molar-refractivity contribution in [2.75, 3.05) is 78.1 Å². The Morgan fingerprint density at radius 2 is 1.95 bits per heavy atom. The molecule has 1 N–H and O–H groups in total. The first-order valence-corrected chi connectivity index (χ1v) is 22.6. The molecule has 12 heteroatoms. The van der Waals surface area contributed by atoms with Gasteiger partial charge in [0.05, 0.1) is 22.9 Å². The zero-order valence-corrected chi connectivity index (χ0v) is 35.1. The van der Waals surface area contributed by atoms with Crippen molar-refractivity contribution < 1.29 is 23.2 Å². The average Bonchev–Trinajstić information content (AvgIpc) is 3.31. The van der Waals surface area contributed by atoms with Gasteiger partial charge in [0.2, 0.25) is 0 Å². The van der Waals surface area contributed by atoms with Crippen molar-refractivity contribution in [3.05, 3.63) is 64.3 Å². The van der Waals surface area contributed by atoms with E-state index >= 15 is 0 Å². The minimum atomic E-state index is -3.00. The van der Waals surface area contributed by atoms with Gasteiger partial charge in [-0.2, -0.15) is 0 Å². The fourth-order valence-corrected chi connectivity index (χ4v) is 11.7. The van der Waals surface area contributed by atoms with Crippen LogP contribution in [-0.2, 0) is 31.0 Å². The molecule has 5 aliphatic rings. The van der Waals surface area contributed by atoms with Crippen LogP contribution in [0.1, 0.15) is 80.9 Å². The molecule has 2 fully saturated rings. The summed E-state index contributed by atoms with van der Waals surface area (Å²) in [7, 11) is 0.672. The van der Waals surface area contributed by atoms with Gasteiger partial charge in [-0.1, -0.05) is 43.7 Å². The number of anilines is 1. The largest absolute Gasteiger partial charge is 0.489 e. The van der Waals surface area contributed by atoms with Gasteiger partial charge in [-0.05, 0) is 111 Å². The molecule has 302 valence electrons. The summed E-state index contributed by atoms with van der Waals surface area (Å²) in [6.45, 7) is 13.7. The summed E-state index contributed by atoms with van der Waals surface area (Å²) in [5.74, 6) is 5.52. The molecular formula is C43H62ClN5O5S. The number of benzene rings is 1. The number of hydrogen-bond donors (Lipinski definition) is 1. The van der Waals surface area contributed by atoms with Crippen LogP contribution in [0.3, 0.4) is 0 Å². The molecule has 10 nitrogen and oxygen atoms in total. The van der Waals surface area contributed by atoms with E-state index in [0.717, 1.165) is 89.4 Å². The summed E-state index contributed by atoms with van der Waals surface area (Å²) in [5.41, 5.74) is 2.01. The number of aryl methyl sites for hydroxylation is 1. The monoisotopic (exact) mass is 795 g/mol. The second-order valence-electron chi connectivity index (χ2n) is 17.0. The predicted octanol–water partition coefficient (Wildman–Crippen LogP) is 6.01. The van der Waals surface area contributed by atoms with Crippen molar-refractivity contribution in [1.82, 2.24) is 19.5 Å². The summed E-state index contributed by atoms with van der Waals surface area (Å²) in [6, 6.07) is 10.3. The number of ether oxygens (including phenoxy) is 3. The maximum absolute atomic E-state index is 14.1. The second kappa shape index (κ2) is 16.7. The van der Waals surface area contributed by atoms with Gasteiger partial charge in [-0.25, -0.2) is 9.19 Å². The highest BCUT2D eigenvalue weighted by Crippen LogP contribution is 2.49. The van der Waals surface area contributed by atoms with Gasteiger partial charge in [0, 0.05) is 81.8 Å². The lowest BCUT2D eigenvalue weighted by Crippen LogP contribution is -2.60. The van der Waals surface area contributed by atoms with Crippen molar-refractivity contribution in [1.29, 1.82) is 0 Å². The van der Waals surface area contributed by atoms with Crippen LogP contribution in [-0.4, -0.2) is 121 Å². The molecule has 8 atom stereocenters. The van der Waals surface area contributed by atoms with E-state index in [0.29, 0.717) is 43.1 Å². The highest BCUT2D eigenvalue weighted by molar-refractivity contribution is 7.99. The summed E-state index contributed by atoms with van der Waals surface area (Å²) in [5, 5.41) is 0.388. The Morgan fingerprint density at radius 3 is 2.65 bits per heavy atom. The molecule has 1 saturated heterocycles. The maximum Gasteiger partial charge on any atom is 0.281 e. The zero-order valence-electron chi connectivity index (χ0n) is 33.6. The van der Waals surface area contributed by atoms with Crippen LogP contribution >= 0.6 is 11.6 Å². The number of methoxy groups -OCH3 is 2. The van der Waals surface area contributed by atoms with Crippen LogP contribution < -0.4 is 14.4 Å². The maximum atomic E-state index is 14.1. The first kappa shape index (κ1) is 40.5. The Hall–Kier alpha value is -2.67. The Morgan fingerprint density at radius 1 is 1.15 bits per heavy atom. The number of hydrogen-bond acceptors (Lipinski definition) is 9. The molecular weight excluding hydrogens is 734 g/mol. The van der Waals surface area contributed by atoms with Gasteiger partial charge in [-0.3, -0.25) is 19.3 Å². The Balaban J connectivity index is 1.26. The van der Waals surface area contributed by atoms with Gasteiger partial charge < -0.3 is 19.1 Å². The number of amides is 1. The van der Waals surface area contributed by atoms with Crippen molar-refractivity contribution in [3.8, 4) is 5.75 Å². The number of rotatable bonds is 7. The first-order valence-electron chi connectivity index (χ1n) is 20.4. The van der Waals surface area contributed by atoms with E-state index in [1.165, 1.54) is 11.1 Å². The Labute approximate surface area is 334 Å². The minimum Gasteiger partial charge on any atom is -0.489 e. The van der Waals surface area contributed by atoms with Crippen LogP contribution in [0.15, 0.2) is 42.5 Å². The van der Waals surface area contributed by atoms with E-state index in [4.69, 9.17) is 30.8 Å². The summed E-state index contributed by atoms with van der Waals surface area (Å²) >= 11 is 6.52. The lowest BCUT2D eigenvalue weighted by atomic mass is 9.63. The van der Waals surface area contributed by atoms with Crippen LogP contribution in [0, 0.1) is 17.8 Å². The van der Waals surface area contributed by atoms with Crippen molar-refractivity contribution in [3.63, 3.8) is 0 Å². The van der Waals surface area contributed by atoms with Crippen molar-refractivity contribution in [2.45, 2.75) is 88.0 Å². The normalized spacial score (nSPS) is 34.4. The third-order valence-electron chi connectivity index (χ3n) is 13.8. The van der Waals surface area contributed by atoms with Crippen LogP contribution in [0.4, 0.5) is 5.82 Å². The van der Waals surface area contributed by atoms with Gasteiger partial charge in [0.15, 0.2) is 11.6 Å². The Kier molecular flexibility index (Phi) is 12.3. The molecule has 1 spiro atoms. The summed E-state index contributed by atoms with van der Waals surface area (Å²) in [6.07, 6.45) is 11.5. The standard InChI is InChI=1S/C43H62ClN5O5S/c1-7-35(26-52-4)48-22-20-47(21-23-48)28-43(53-5)19-8-10-30(2)31(3)55(6,51)46-41(50)38-16-17-39-40(45-38)49(25-33-12-14-37(33)43)27-42(29-54-39)18-9-11-32-24-34(44)13-15-36(32)42/h8,13,15-17,19,24,30-31,33,35,37H,6-7,9-12,14,18,20-23,25-29H2,1-5H3,(H,46,50,51)/b19-8+/t30-,31+,33-,35?,37+,42-,43+,55?/m0/s1. The van der Waals surface area contributed by atoms with E-state index in [-0.39, 0.29) is 28.2 Å². The average molecular weight is 797 g/mol. The van der Waals surface area contributed by atoms with Crippen molar-refractivity contribution >= 4 is 38.9 Å². The molecule has 4 heterocycles. The second-order valence-corrected chi connectivity index (χ2v) is 19.9. The molecule has 1 amide bonds. The van der Waals surface area contributed by atoms with E-state index in [9.17, 15) is 9.00 Å². The number of halogens is 1. The molecule has 1 aromatic carbocycles. The third kappa shape index (κ3) is 8.21. The number of carbonyl (C=O) groups excluding carboxylic acids is 1. The first-order chi connectivity index (χ1) is 26.4. The quantitative estimate of drug-likeness (QED) is 0.267. The number of nitrogens with zero attached hydrogens (tertiary/aromatic N) is 4. The van der Waals surface area contributed by atoms with E-state index in [2.05, 4.69) is 63.4 Å². The van der Waals surface area contributed by atoms with Crippen molar-refractivity contribution in [2.24, 2.45) is 17.8 Å². The summed E-state index contributed by atoms with van der Waals surface area (Å²) < 4.78 is 35.9. The van der Waals surface area contributed by atoms with Gasteiger partial charge in [-0.15, -0.1) is 0 Å². The number of carbonyl (C=O) groups is 1. The molecule has 2 unspecified atom stereocenters. The molecule has 7 rings (SSSR count). The number of fused-ring (bicyclic) bond motifs is 4. The number of allylic oxidation sites excluding steroid dienone is 1. The molecule has 3 aliphatic heterocycles. The molecule has 2 bridgehead atoms. The van der Waals surface area contributed by atoms with Gasteiger partial charge in [0.1, 0.15) is 11.3 Å². The molecule has 1 aromatic heterocycles. The van der Waals surface area contributed by atoms with Gasteiger partial charge >= 0.3 is 0 Å².